The summed E-state index contributed by atoms with van der Waals surface area (Å²) in [5, 5.41) is 4.35. The van der Waals surface area contributed by atoms with Gasteiger partial charge < -0.3 is 24.7 Å². The molecule has 4 heterocycles. The number of hydrogen-bond donors (Lipinski definition) is 2. The molecule has 1 saturated heterocycles. The summed E-state index contributed by atoms with van der Waals surface area (Å²) in [6, 6.07) is 17.3. The predicted molar refractivity (Wildman–Crippen MR) is 131 cm³/mol. The number of carbonyl (C=O) groups excluding carboxylic acids is 1. The van der Waals surface area contributed by atoms with Crippen molar-refractivity contribution in [3.8, 4) is 5.75 Å². The number of fused-ring (bicyclic) bond motifs is 1. The number of aromatic amines is 1. The van der Waals surface area contributed by atoms with Gasteiger partial charge in [0.2, 0.25) is 0 Å². The second-order valence-corrected chi connectivity index (χ2v) is 8.37. The molecule has 174 valence electrons. The van der Waals surface area contributed by atoms with Crippen LogP contribution in [0.15, 0.2) is 67.0 Å². The van der Waals surface area contributed by atoms with E-state index < -0.39 is 0 Å². The fourth-order valence-corrected chi connectivity index (χ4v) is 4.25. The van der Waals surface area contributed by atoms with E-state index in [1.165, 1.54) is 0 Å². The van der Waals surface area contributed by atoms with Gasteiger partial charge in [-0.25, -0.2) is 9.97 Å². The number of hydrogen-bond acceptors (Lipinski definition) is 6. The number of H-pyrrole nitrogens is 1. The second kappa shape index (κ2) is 9.93. The molecule has 1 aliphatic heterocycles. The van der Waals surface area contributed by atoms with E-state index in [1.807, 2.05) is 47.5 Å². The first-order chi connectivity index (χ1) is 16.7. The van der Waals surface area contributed by atoms with Gasteiger partial charge >= 0.3 is 0 Å². The zero-order chi connectivity index (χ0) is 23.3. The summed E-state index contributed by atoms with van der Waals surface area (Å²) in [6.45, 7) is 2.23. The van der Waals surface area contributed by atoms with Crippen molar-refractivity contribution in [3.05, 3.63) is 78.2 Å². The number of rotatable bonds is 6. The third kappa shape index (κ3) is 4.87. The molecule has 8 heteroatoms. The Morgan fingerprint density at radius 1 is 1.24 bits per heavy atom. The highest BCUT2D eigenvalue weighted by Gasteiger charge is 2.26. The molecule has 1 amide bonds. The lowest BCUT2D eigenvalue weighted by atomic mass is 10.0. The minimum absolute atomic E-state index is 0.0678. The minimum atomic E-state index is -0.0678. The maximum absolute atomic E-state index is 13.6. The maximum Gasteiger partial charge on any atom is 0.257 e. The Bertz CT molecular complexity index is 1290. The van der Waals surface area contributed by atoms with Crippen LogP contribution in [0.25, 0.3) is 11.0 Å². The average molecular weight is 458 g/mol. The van der Waals surface area contributed by atoms with Gasteiger partial charge in [-0.3, -0.25) is 4.79 Å². The molecule has 2 N–H and O–H groups in total. The lowest BCUT2D eigenvalue weighted by Gasteiger charge is -2.24. The zero-order valence-electron chi connectivity index (χ0n) is 19.0. The Hall–Kier alpha value is -3.91. The quantitative estimate of drug-likeness (QED) is 0.454. The van der Waals surface area contributed by atoms with Crippen LogP contribution in [0.1, 0.15) is 16.1 Å². The number of amides is 1. The van der Waals surface area contributed by atoms with Gasteiger partial charge in [0.15, 0.2) is 0 Å². The van der Waals surface area contributed by atoms with Gasteiger partial charge in [-0.05, 0) is 48.9 Å². The van der Waals surface area contributed by atoms with Crippen LogP contribution in [0.4, 0.5) is 11.5 Å². The molecule has 1 atom stereocenters. The Morgan fingerprint density at radius 2 is 2.18 bits per heavy atom. The predicted octanol–water partition coefficient (Wildman–Crippen LogP) is 4.04. The fraction of sp³-hybridized carbons (Fsp3) is 0.269. The lowest BCUT2D eigenvalue weighted by molar-refractivity contribution is 0.0738. The van der Waals surface area contributed by atoms with Crippen molar-refractivity contribution in [2.75, 3.05) is 38.7 Å². The first-order valence-corrected chi connectivity index (χ1v) is 11.4. The van der Waals surface area contributed by atoms with Crippen LogP contribution >= 0.6 is 0 Å². The Morgan fingerprint density at radius 3 is 3.09 bits per heavy atom. The summed E-state index contributed by atoms with van der Waals surface area (Å²) >= 11 is 0. The standard InChI is InChI=1S/C26H27N5O3/c1-33-22-5-2-4-20(15-22)30-25-23(6-3-10-27-25)26(32)31-12-13-34-17-18(16-31)14-21-8-7-19-9-11-28-24(19)29-21/h2-11,15,18H,12-14,16-17H2,1H3,(H,27,30)(H,28,29). The van der Waals surface area contributed by atoms with Gasteiger partial charge in [-0.2, -0.15) is 0 Å². The summed E-state index contributed by atoms with van der Waals surface area (Å²) < 4.78 is 11.1. The van der Waals surface area contributed by atoms with E-state index in [4.69, 9.17) is 14.5 Å². The van der Waals surface area contributed by atoms with Crippen LogP contribution in [0.5, 0.6) is 5.75 Å². The monoisotopic (exact) mass is 457 g/mol. The number of aromatic nitrogens is 3. The number of pyridine rings is 2. The first kappa shape index (κ1) is 21.9. The maximum atomic E-state index is 13.6. The van der Waals surface area contributed by atoms with E-state index in [1.54, 1.807) is 25.4 Å². The van der Waals surface area contributed by atoms with Crippen molar-refractivity contribution < 1.29 is 14.3 Å². The van der Waals surface area contributed by atoms with Gasteiger partial charge in [0.05, 0.1) is 25.9 Å². The second-order valence-electron chi connectivity index (χ2n) is 8.37. The van der Waals surface area contributed by atoms with E-state index in [0.29, 0.717) is 37.7 Å². The van der Waals surface area contributed by atoms with Crippen LogP contribution in [0.2, 0.25) is 0 Å². The average Bonchev–Trinajstić information content (AvgIpc) is 3.21. The van der Waals surface area contributed by atoms with E-state index in [2.05, 4.69) is 21.4 Å². The Balaban J connectivity index is 1.33. The molecular weight excluding hydrogens is 430 g/mol. The Labute approximate surface area is 197 Å². The molecule has 8 nitrogen and oxygen atoms in total. The van der Waals surface area contributed by atoms with Crippen molar-refractivity contribution in [1.29, 1.82) is 0 Å². The molecule has 0 saturated carbocycles. The molecule has 1 fully saturated rings. The van der Waals surface area contributed by atoms with Gasteiger partial charge in [0.1, 0.15) is 17.2 Å². The molecule has 1 aromatic carbocycles. The van der Waals surface area contributed by atoms with Crippen molar-refractivity contribution in [2.45, 2.75) is 6.42 Å². The van der Waals surface area contributed by atoms with Crippen LogP contribution in [0.3, 0.4) is 0 Å². The molecule has 5 rings (SSSR count). The highest BCUT2D eigenvalue weighted by molar-refractivity contribution is 5.99. The number of ether oxygens (including phenoxy) is 2. The van der Waals surface area contributed by atoms with E-state index in [9.17, 15) is 4.79 Å². The Kier molecular flexibility index (Phi) is 6.40. The van der Waals surface area contributed by atoms with Crippen molar-refractivity contribution in [3.63, 3.8) is 0 Å². The largest absolute Gasteiger partial charge is 0.497 e. The first-order valence-electron chi connectivity index (χ1n) is 11.4. The summed E-state index contributed by atoms with van der Waals surface area (Å²) in [7, 11) is 1.62. The van der Waals surface area contributed by atoms with Gasteiger partial charge in [-0.15, -0.1) is 0 Å². The number of nitrogens with one attached hydrogen (secondary N) is 2. The molecule has 34 heavy (non-hydrogen) atoms. The summed E-state index contributed by atoms with van der Waals surface area (Å²) in [5.41, 5.74) is 3.19. The van der Waals surface area contributed by atoms with Crippen molar-refractivity contribution in [2.24, 2.45) is 5.92 Å². The van der Waals surface area contributed by atoms with E-state index >= 15 is 0 Å². The summed E-state index contributed by atoms with van der Waals surface area (Å²) in [6.07, 6.45) is 4.30. The molecule has 0 aliphatic carbocycles. The van der Waals surface area contributed by atoms with Crippen LogP contribution in [-0.4, -0.2) is 59.2 Å². The number of benzene rings is 1. The van der Waals surface area contributed by atoms with Crippen LogP contribution in [0, 0.1) is 5.92 Å². The molecule has 3 aromatic heterocycles. The van der Waals surface area contributed by atoms with Crippen molar-refractivity contribution >= 4 is 28.4 Å². The number of anilines is 2. The molecule has 4 aromatic rings. The molecule has 1 aliphatic rings. The number of carbonyl (C=O) groups is 1. The molecule has 0 radical (unpaired) electrons. The highest BCUT2D eigenvalue weighted by Crippen LogP contribution is 2.24. The fourth-order valence-electron chi connectivity index (χ4n) is 4.25. The molecular formula is C26H27N5O3. The third-order valence-corrected chi connectivity index (χ3v) is 5.96. The third-order valence-electron chi connectivity index (χ3n) is 5.96. The molecule has 1 unspecified atom stereocenters. The molecule has 0 bridgehead atoms. The molecule has 0 spiro atoms. The van der Waals surface area contributed by atoms with Crippen LogP contribution in [-0.2, 0) is 11.2 Å². The van der Waals surface area contributed by atoms with Crippen molar-refractivity contribution in [1.82, 2.24) is 19.9 Å². The van der Waals surface area contributed by atoms with E-state index in [-0.39, 0.29) is 11.8 Å². The lowest BCUT2D eigenvalue weighted by Crippen LogP contribution is -2.36. The highest BCUT2D eigenvalue weighted by atomic mass is 16.5. The van der Waals surface area contributed by atoms with E-state index in [0.717, 1.165) is 34.6 Å². The zero-order valence-corrected chi connectivity index (χ0v) is 19.0. The minimum Gasteiger partial charge on any atom is -0.497 e. The van der Waals surface area contributed by atoms with Gasteiger partial charge in [0, 0.05) is 54.2 Å². The number of methoxy groups -OCH3 is 1. The topological polar surface area (TPSA) is 92.4 Å². The SMILES string of the molecule is COc1cccc(Nc2ncccc2C(=O)N2CCOCC(Cc3ccc4cc[nH]c4n3)C2)c1. The van der Waals surface area contributed by atoms with Gasteiger partial charge in [0.25, 0.3) is 5.91 Å². The summed E-state index contributed by atoms with van der Waals surface area (Å²) in [5.74, 6) is 1.33. The summed E-state index contributed by atoms with van der Waals surface area (Å²) in [4.78, 5) is 27.7. The van der Waals surface area contributed by atoms with Gasteiger partial charge in [-0.1, -0.05) is 6.07 Å². The normalized spacial score (nSPS) is 16.3. The smallest absolute Gasteiger partial charge is 0.257 e. The van der Waals surface area contributed by atoms with Crippen LogP contribution < -0.4 is 10.1 Å². The number of nitrogens with zero attached hydrogens (tertiary/aromatic N) is 3.